The van der Waals surface area contributed by atoms with Crippen LogP contribution in [0.25, 0.3) is 10.9 Å². The number of rotatable bonds is 6. The Hall–Kier alpha value is -3.01. The lowest BCUT2D eigenvalue weighted by atomic mass is 9.53. The highest BCUT2D eigenvalue weighted by molar-refractivity contribution is 5.90. The average molecular weight is 434 g/mol. The standard InChI is InChI=1S/C25H31N5O2/c1-2-30(15-26)23(31)22(10-19-14-27-21-6-4-3-5-20(19)21)28-24(32)29-25-11-16-7-17(12-25)9-18(8-16)13-25/h3-6,14,16-18,22,27H,2,7-13H2,1H3,(H2,28,29,32). The Labute approximate surface area is 188 Å². The molecule has 3 N–H and O–H groups in total. The van der Waals surface area contributed by atoms with Crippen LogP contribution in [0.5, 0.6) is 0 Å². The van der Waals surface area contributed by atoms with E-state index in [2.05, 4.69) is 15.6 Å². The van der Waals surface area contributed by atoms with E-state index in [1.54, 1.807) is 6.92 Å². The molecular weight excluding hydrogens is 402 g/mol. The van der Waals surface area contributed by atoms with Crippen molar-refractivity contribution in [3.05, 3.63) is 36.0 Å². The summed E-state index contributed by atoms with van der Waals surface area (Å²) in [5.74, 6) is 1.79. The summed E-state index contributed by atoms with van der Waals surface area (Å²) in [5, 5.41) is 16.7. The molecule has 0 spiro atoms. The van der Waals surface area contributed by atoms with Crippen molar-refractivity contribution in [2.24, 2.45) is 17.8 Å². The monoisotopic (exact) mass is 433 g/mol. The summed E-state index contributed by atoms with van der Waals surface area (Å²) in [7, 11) is 0. The highest BCUT2D eigenvalue weighted by atomic mass is 16.2. The van der Waals surface area contributed by atoms with Gasteiger partial charge in [0.1, 0.15) is 6.04 Å². The van der Waals surface area contributed by atoms with Gasteiger partial charge in [0.2, 0.25) is 0 Å². The Kier molecular flexibility index (Phi) is 5.32. The predicted octanol–water partition coefficient (Wildman–Crippen LogP) is 3.68. The molecule has 0 radical (unpaired) electrons. The number of nitrogens with zero attached hydrogens (tertiary/aromatic N) is 2. The van der Waals surface area contributed by atoms with Gasteiger partial charge in [-0.2, -0.15) is 5.26 Å². The molecule has 4 aliphatic carbocycles. The molecule has 1 atom stereocenters. The number of aromatic nitrogens is 1. The fourth-order valence-electron chi connectivity index (χ4n) is 6.88. The number of fused-ring (bicyclic) bond motifs is 1. The lowest BCUT2D eigenvalue weighted by molar-refractivity contribution is -0.130. The quantitative estimate of drug-likeness (QED) is 0.478. The lowest BCUT2D eigenvalue weighted by Gasteiger charge is -2.56. The Morgan fingerprint density at radius 1 is 1.19 bits per heavy atom. The number of hydrogen-bond acceptors (Lipinski definition) is 3. The highest BCUT2D eigenvalue weighted by Gasteiger charge is 2.51. The molecule has 168 valence electrons. The molecule has 1 heterocycles. The number of carbonyl (C=O) groups is 2. The van der Waals surface area contributed by atoms with Gasteiger partial charge in [-0.3, -0.25) is 4.79 Å². The molecule has 7 nitrogen and oxygen atoms in total. The van der Waals surface area contributed by atoms with Gasteiger partial charge in [-0.05, 0) is 74.8 Å². The number of amides is 3. The van der Waals surface area contributed by atoms with Gasteiger partial charge >= 0.3 is 6.03 Å². The van der Waals surface area contributed by atoms with Crippen molar-refractivity contribution in [1.29, 1.82) is 5.26 Å². The van der Waals surface area contributed by atoms with E-state index < -0.39 is 6.04 Å². The topological polar surface area (TPSA) is 101 Å². The van der Waals surface area contributed by atoms with E-state index >= 15 is 0 Å². The minimum absolute atomic E-state index is 0.132. The van der Waals surface area contributed by atoms with Crippen LogP contribution in [0.4, 0.5) is 4.79 Å². The predicted molar refractivity (Wildman–Crippen MR) is 121 cm³/mol. The van der Waals surface area contributed by atoms with Crippen LogP contribution in [-0.2, 0) is 11.2 Å². The van der Waals surface area contributed by atoms with Gasteiger partial charge in [0.25, 0.3) is 5.91 Å². The van der Waals surface area contributed by atoms with Gasteiger partial charge in [-0.25, -0.2) is 9.69 Å². The normalized spacial score (nSPS) is 28.8. The Balaban J connectivity index is 1.34. The second-order valence-corrected chi connectivity index (χ2v) is 10.1. The zero-order valence-corrected chi connectivity index (χ0v) is 18.6. The van der Waals surface area contributed by atoms with E-state index in [1.807, 2.05) is 36.7 Å². The molecule has 3 amide bonds. The summed E-state index contributed by atoms with van der Waals surface area (Å²) < 4.78 is 0. The van der Waals surface area contributed by atoms with E-state index in [9.17, 15) is 14.9 Å². The van der Waals surface area contributed by atoms with E-state index in [-0.39, 0.29) is 24.0 Å². The van der Waals surface area contributed by atoms with Crippen LogP contribution in [0.1, 0.15) is 51.0 Å². The van der Waals surface area contributed by atoms with Crippen molar-refractivity contribution in [3.63, 3.8) is 0 Å². The third-order valence-electron chi connectivity index (χ3n) is 7.82. The van der Waals surface area contributed by atoms with Crippen molar-refractivity contribution >= 4 is 22.8 Å². The molecule has 4 bridgehead atoms. The molecule has 4 saturated carbocycles. The first-order chi connectivity index (χ1) is 15.5. The van der Waals surface area contributed by atoms with Crippen LogP contribution >= 0.6 is 0 Å². The first kappa shape index (κ1) is 20.9. The first-order valence-electron chi connectivity index (χ1n) is 11.8. The summed E-state index contributed by atoms with van der Waals surface area (Å²) in [4.78, 5) is 30.6. The number of likely N-dealkylation sites (N-methyl/N-ethyl adjacent to an activating group) is 1. The highest BCUT2D eigenvalue weighted by Crippen LogP contribution is 2.55. The molecule has 4 fully saturated rings. The van der Waals surface area contributed by atoms with Crippen LogP contribution in [0.15, 0.2) is 30.5 Å². The zero-order chi connectivity index (χ0) is 22.3. The Morgan fingerprint density at radius 2 is 1.84 bits per heavy atom. The fraction of sp³-hybridized carbons (Fsp3) is 0.560. The summed E-state index contributed by atoms with van der Waals surface area (Å²) in [6, 6.07) is 6.80. The smallest absolute Gasteiger partial charge is 0.315 e. The van der Waals surface area contributed by atoms with Gasteiger partial charge in [-0.1, -0.05) is 18.2 Å². The number of nitriles is 1. The Bertz CT molecular complexity index is 1030. The van der Waals surface area contributed by atoms with Crippen LogP contribution in [0, 0.1) is 29.2 Å². The zero-order valence-electron chi connectivity index (χ0n) is 18.6. The van der Waals surface area contributed by atoms with Crippen molar-refractivity contribution in [3.8, 4) is 6.19 Å². The summed E-state index contributed by atoms with van der Waals surface area (Å²) >= 11 is 0. The lowest BCUT2D eigenvalue weighted by Crippen LogP contribution is -2.63. The number of nitrogens with one attached hydrogen (secondary N) is 3. The summed E-state index contributed by atoms with van der Waals surface area (Å²) in [6.45, 7) is 2.04. The van der Waals surface area contributed by atoms with E-state index in [4.69, 9.17) is 0 Å². The second-order valence-electron chi connectivity index (χ2n) is 10.1. The number of para-hydroxylation sites is 1. The molecule has 7 heteroatoms. The number of carbonyl (C=O) groups excluding carboxylic acids is 2. The van der Waals surface area contributed by atoms with E-state index in [1.165, 1.54) is 19.3 Å². The van der Waals surface area contributed by atoms with Crippen molar-refractivity contribution in [1.82, 2.24) is 20.5 Å². The number of hydrogen-bond donors (Lipinski definition) is 3. The van der Waals surface area contributed by atoms with E-state index in [0.717, 1.165) is 58.4 Å². The maximum Gasteiger partial charge on any atom is 0.315 e. The molecule has 2 aromatic rings. The third kappa shape index (κ3) is 3.83. The largest absolute Gasteiger partial charge is 0.361 e. The molecule has 6 rings (SSSR count). The molecule has 0 saturated heterocycles. The number of benzene rings is 1. The van der Waals surface area contributed by atoms with Gasteiger partial charge in [0.15, 0.2) is 6.19 Å². The summed E-state index contributed by atoms with van der Waals surface area (Å²) in [6.07, 6.45) is 11.2. The van der Waals surface area contributed by atoms with Gasteiger partial charge < -0.3 is 15.6 Å². The van der Waals surface area contributed by atoms with Gasteiger partial charge in [0.05, 0.1) is 0 Å². The number of urea groups is 1. The number of aromatic amines is 1. The van der Waals surface area contributed by atoms with Crippen molar-refractivity contribution < 1.29 is 9.59 Å². The SMILES string of the molecule is CCN(C#N)C(=O)C(Cc1c[nH]c2ccccc12)NC(=O)NC12CC3CC(CC(C3)C1)C2. The third-order valence-corrected chi connectivity index (χ3v) is 7.82. The average Bonchev–Trinajstić information content (AvgIpc) is 3.15. The van der Waals surface area contributed by atoms with Crippen LogP contribution in [0.2, 0.25) is 0 Å². The minimum atomic E-state index is -0.803. The van der Waals surface area contributed by atoms with Crippen molar-refractivity contribution in [2.75, 3.05) is 6.54 Å². The summed E-state index contributed by atoms with van der Waals surface area (Å²) in [5.41, 5.74) is 1.80. The molecule has 32 heavy (non-hydrogen) atoms. The molecule has 4 aliphatic rings. The first-order valence-corrected chi connectivity index (χ1v) is 11.8. The fourth-order valence-corrected chi connectivity index (χ4v) is 6.88. The molecule has 1 aromatic heterocycles. The van der Waals surface area contributed by atoms with Crippen LogP contribution in [0.3, 0.4) is 0 Å². The van der Waals surface area contributed by atoms with Gasteiger partial charge in [-0.15, -0.1) is 0 Å². The Morgan fingerprint density at radius 3 is 2.47 bits per heavy atom. The maximum absolute atomic E-state index is 13.2. The molecular formula is C25H31N5O2. The van der Waals surface area contributed by atoms with Crippen molar-refractivity contribution in [2.45, 2.75) is 63.5 Å². The second kappa shape index (κ2) is 8.16. The van der Waals surface area contributed by atoms with Gasteiger partial charge in [0, 0.05) is 35.6 Å². The van der Waals surface area contributed by atoms with Crippen LogP contribution in [-0.4, -0.2) is 39.9 Å². The molecule has 1 aromatic carbocycles. The molecule has 0 aliphatic heterocycles. The van der Waals surface area contributed by atoms with Crippen LogP contribution < -0.4 is 10.6 Å². The van der Waals surface area contributed by atoms with E-state index in [0.29, 0.717) is 6.42 Å². The molecule has 1 unspecified atom stereocenters. The maximum atomic E-state index is 13.2. The number of H-pyrrole nitrogens is 1. The minimum Gasteiger partial charge on any atom is -0.361 e.